The molecular weight excluding hydrogens is 377 g/mol. The molecule has 0 aromatic heterocycles. The van der Waals surface area contributed by atoms with Gasteiger partial charge in [0.05, 0.1) is 5.56 Å². The minimum absolute atomic E-state index is 0.0657. The lowest BCUT2D eigenvalue weighted by Crippen LogP contribution is -2.53. The average Bonchev–Trinajstić information content (AvgIpc) is 3.01. The number of likely N-dealkylation sites (N-methyl/N-ethyl adjacent to an activating group) is 1. The fourth-order valence-corrected chi connectivity index (χ4v) is 3.99. The lowest BCUT2D eigenvalue weighted by atomic mass is 9.96. The maximum Gasteiger partial charge on any atom is 0.287 e. The highest BCUT2D eigenvalue weighted by atomic mass is 35.5. The van der Waals surface area contributed by atoms with Gasteiger partial charge in [-0.15, -0.1) is 0 Å². The molecule has 0 unspecified atom stereocenters. The van der Waals surface area contributed by atoms with E-state index in [1.165, 1.54) is 19.2 Å². The summed E-state index contributed by atoms with van der Waals surface area (Å²) in [6.45, 7) is 4.31. The second kappa shape index (κ2) is 6.78. The van der Waals surface area contributed by atoms with Gasteiger partial charge in [0.2, 0.25) is 5.78 Å². The molecule has 0 radical (unpaired) electrons. The lowest BCUT2D eigenvalue weighted by molar-refractivity contribution is -0.131. The Hall–Kier alpha value is -1.72. The number of phenolic OH excluding ortho intramolecular Hbond substituents is 1. The first-order valence-electron chi connectivity index (χ1n) is 8.68. The molecule has 1 aromatic rings. The molecule has 1 amide bonds. The van der Waals surface area contributed by atoms with Crippen molar-refractivity contribution < 1.29 is 19.4 Å². The van der Waals surface area contributed by atoms with Gasteiger partial charge in [-0.3, -0.25) is 14.5 Å². The van der Waals surface area contributed by atoms with E-state index in [0.717, 1.165) is 24.2 Å². The number of aromatic hydroxyl groups is 1. The molecule has 1 spiro atoms. The van der Waals surface area contributed by atoms with Gasteiger partial charge in [0.1, 0.15) is 21.6 Å². The van der Waals surface area contributed by atoms with Crippen molar-refractivity contribution in [2.24, 2.45) is 5.92 Å². The Bertz CT molecular complexity index is 820. The third kappa shape index (κ3) is 2.60. The molecular formula is C19H21Cl2NO4. The van der Waals surface area contributed by atoms with Crippen LogP contribution in [-0.2, 0) is 11.2 Å². The molecule has 5 nitrogen and oxygen atoms in total. The first kappa shape index (κ1) is 19.1. The van der Waals surface area contributed by atoms with Crippen molar-refractivity contribution in [1.82, 2.24) is 4.90 Å². The highest BCUT2D eigenvalue weighted by Crippen LogP contribution is 2.50. The van der Waals surface area contributed by atoms with Crippen LogP contribution in [0.5, 0.6) is 11.5 Å². The zero-order chi connectivity index (χ0) is 19.2. The Morgan fingerprint density at radius 2 is 2.00 bits per heavy atom. The smallest absolute Gasteiger partial charge is 0.287 e. The molecule has 0 saturated heterocycles. The monoisotopic (exact) mass is 397 g/mol. The fraction of sp³-hybridized carbons (Fsp3) is 0.474. The fourth-order valence-electron chi connectivity index (χ4n) is 3.41. The third-order valence-corrected chi connectivity index (χ3v) is 6.21. The number of rotatable bonds is 5. The van der Waals surface area contributed by atoms with E-state index in [9.17, 15) is 14.7 Å². The number of hydrogen-bond donors (Lipinski definition) is 1. The predicted octanol–water partition coefficient (Wildman–Crippen LogP) is 4.19. The highest BCUT2D eigenvalue weighted by molar-refractivity contribution is 6.51. The molecule has 7 heteroatoms. The first-order valence-corrected chi connectivity index (χ1v) is 9.43. The molecule has 2 atom stereocenters. The van der Waals surface area contributed by atoms with Crippen molar-refractivity contribution in [1.29, 1.82) is 0 Å². The molecule has 2 aliphatic heterocycles. The van der Waals surface area contributed by atoms with Crippen LogP contribution in [0.1, 0.15) is 49.0 Å². The van der Waals surface area contributed by atoms with Gasteiger partial charge in [0, 0.05) is 12.6 Å². The van der Waals surface area contributed by atoms with Crippen molar-refractivity contribution in [3.8, 4) is 11.5 Å². The van der Waals surface area contributed by atoms with Crippen LogP contribution in [0, 0.1) is 5.92 Å². The van der Waals surface area contributed by atoms with Gasteiger partial charge in [-0.1, -0.05) is 49.9 Å². The molecule has 26 heavy (non-hydrogen) atoms. The number of nitrogens with zero attached hydrogens (tertiary/aromatic N) is 1. The van der Waals surface area contributed by atoms with Gasteiger partial charge in [0.25, 0.3) is 11.6 Å². The average molecular weight is 398 g/mol. The minimum Gasteiger partial charge on any atom is -0.508 e. The van der Waals surface area contributed by atoms with E-state index < -0.39 is 17.4 Å². The van der Waals surface area contributed by atoms with Crippen LogP contribution in [0.2, 0.25) is 0 Å². The second-order valence-corrected chi connectivity index (χ2v) is 7.67. The van der Waals surface area contributed by atoms with Gasteiger partial charge in [-0.25, -0.2) is 0 Å². The molecule has 3 rings (SSSR count). The van der Waals surface area contributed by atoms with Gasteiger partial charge in [0.15, 0.2) is 0 Å². The molecule has 140 valence electrons. The number of amides is 1. The number of phenols is 1. The van der Waals surface area contributed by atoms with Crippen molar-refractivity contribution in [3.05, 3.63) is 33.3 Å². The topological polar surface area (TPSA) is 66.8 Å². The molecule has 2 aliphatic rings. The number of ether oxygens (including phenoxy) is 1. The summed E-state index contributed by atoms with van der Waals surface area (Å²) in [5, 5.41) is 9.94. The summed E-state index contributed by atoms with van der Waals surface area (Å²) in [6.07, 6.45) is 3.50. The quantitative estimate of drug-likeness (QED) is 0.808. The van der Waals surface area contributed by atoms with Crippen LogP contribution in [0.15, 0.2) is 22.2 Å². The second-order valence-electron chi connectivity index (χ2n) is 6.91. The van der Waals surface area contributed by atoms with E-state index in [1.54, 1.807) is 0 Å². The Morgan fingerprint density at radius 1 is 1.31 bits per heavy atom. The first-order chi connectivity index (χ1) is 12.3. The number of carbonyl (C=O) groups excluding carboxylic acids is 2. The van der Waals surface area contributed by atoms with Crippen LogP contribution in [0.4, 0.5) is 0 Å². The molecule has 2 heterocycles. The normalized spacial score (nSPS) is 23.0. The standard InChI is InChI=1S/C19H21Cl2NO4/c1-4-10(2)6-5-7-11-13(23)9-8-12-15(11)26-19(17(12)24)16(21)14(20)18(25)22(19)3/h8-10,23H,4-7H2,1-3H3/t10-,19-/m0/s1. The summed E-state index contributed by atoms with van der Waals surface area (Å²) >= 11 is 12.2. The lowest BCUT2D eigenvalue weighted by Gasteiger charge is -2.30. The Labute approximate surface area is 162 Å². The zero-order valence-electron chi connectivity index (χ0n) is 14.9. The Balaban J connectivity index is 1.98. The summed E-state index contributed by atoms with van der Waals surface area (Å²) in [7, 11) is 1.42. The number of benzene rings is 1. The van der Waals surface area contributed by atoms with Crippen LogP contribution in [0.25, 0.3) is 0 Å². The van der Waals surface area contributed by atoms with E-state index in [1.807, 2.05) is 0 Å². The van der Waals surface area contributed by atoms with E-state index >= 15 is 0 Å². The van der Waals surface area contributed by atoms with Crippen LogP contribution in [-0.4, -0.2) is 34.5 Å². The van der Waals surface area contributed by atoms with Crippen LogP contribution >= 0.6 is 23.2 Å². The van der Waals surface area contributed by atoms with Crippen molar-refractivity contribution in [2.75, 3.05) is 7.05 Å². The van der Waals surface area contributed by atoms with Gasteiger partial charge < -0.3 is 9.84 Å². The summed E-state index contributed by atoms with van der Waals surface area (Å²) in [5.74, 6) is -0.0932. The predicted molar refractivity (Wildman–Crippen MR) is 99.7 cm³/mol. The maximum absolute atomic E-state index is 13.0. The van der Waals surface area contributed by atoms with Gasteiger partial charge in [-0.05, 0) is 30.9 Å². The van der Waals surface area contributed by atoms with Crippen molar-refractivity contribution in [3.63, 3.8) is 0 Å². The van der Waals surface area contributed by atoms with E-state index in [4.69, 9.17) is 27.9 Å². The Morgan fingerprint density at radius 3 is 2.58 bits per heavy atom. The number of Topliss-reactive ketones (excluding diaryl/α,β-unsaturated/α-hetero) is 1. The summed E-state index contributed by atoms with van der Waals surface area (Å²) < 4.78 is 5.95. The molecule has 0 saturated carbocycles. The minimum atomic E-state index is -1.77. The Kier molecular flexibility index (Phi) is 4.97. The maximum atomic E-state index is 13.0. The number of hydrogen-bond acceptors (Lipinski definition) is 4. The van der Waals surface area contributed by atoms with Crippen molar-refractivity contribution >= 4 is 34.9 Å². The molecule has 0 bridgehead atoms. The number of ketones is 1. The van der Waals surface area contributed by atoms with E-state index in [2.05, 4.69) is 13.8 Å². The summed E-state index contributed by atoms with van der Waals surface area (Å²) in [5.41, 5.74) is -0.910. The van der Waals surface area contributed by atoms with Gasteiger partial charge >= 0.3 is 0 Å². The highest BCUT2D eigenvalue weighted by Gasteiger charge is 2.61. The van der Waals surface area contributed by atoms with Gasteiger partial charge in [-0.2, -0.15) is 0 Å². The summed E-state index contributed by atoms with van der Waals surface area (Å²) in [6, 6.07) is 2.97. The van der Waals surface area contributed by atoms with E-state index in [-0.39, 0.29) is 21.6 Å². The SMILES string of the molecule is CC[C@H](C)CCCc1c(O)ccc2c1O[C@]1(C2=O)C(Cl)=C(Cl)C(=O)N1C. The van der Waals surface area contributed by atoms with Crippen molar-refractivity contribution in [2.45, 2.75) is 45.3 Å². The number of carbonyl (C=O) groups is 2. The third-order valence-electron chi connectivity index (χ3n) is 5.31. The van der Waals surface area contributed by atoms with E-state index in [0.29, 0.717) is 23.5 Å². The summed E-state index contributed by atoms with van der Waals surface area (Å²) in [4.78, 5) is 26.3. The molecule has 0 aliphatic carbocycles. The number of halogens is 2. The largest absolute Gasteiger partial charge is 0.508 e. The molecule has 1 aromatic carbocycles. The van der Waals surface area contributed by atoms with Crippen LogP contribution < -0.4 is 4.74 Å². The number of fused-ring (bicyclic) bond motifs is 1. The van der Waals surface area contributed by atoms with Crippen LogP contribution in [0.3, 0.4) is 0 Å². The molecule has 0 fully saturated rings. The zero-order valence-corrected chi connectivity index (χ0v) is 16.4. The molecule has 1 N–H and O–H groups in total.